The van der Waals surface area contributed by atoms with Gasteiger partial charge < -0.3 is 19.5 Å². The molecule has 0 heterocycles. The molecule has 0 spiro atoms. The number of methoxy groups -OCH3 is 2. The minimum Gasteiger partial charge on any atom is -0.469 e. The maximum atomic E-state index is 12.1. The highest BCUT2D eigenvalue weighted by Gasteiger charge is 2.24. The molecule has 1 N–H and O–H groups in total. The second-order valence-electron chi connectivity index (χ2n) is 5.69. The van der Waals surface area contributed by atoms with Crippen molar-refractivity contribution in [2.75, 3.05) is 14.2 Å². The number of nitrogens with one attached hydrogen (secondary N) is 1. The van der Waals surface area contributed by atoms with Crippen molar-refractivity contribution in [1.82, 2.24) is 5.32 Å². The van der Waals surface area contributed by atoms with Crippen LogP contribution in [0.3, 0.4) is 0 Å². The Kier molecular flexibility index (Phi) is 7.77. The highest BCUT2D eigenvalue weighted by Crippen LogP contribution is 2.22. The highest BCUT2D eigenvalue weighted by molar-refractivity contribution is 5.95. The van der Waals surface area contributed by atoms with E-state index in [0.717, 1.165) is 5.56 Å². The second-order valence-corrected chi connectivity index (χ2v) is 5.69. The van der Waals surface area contributed by atoms with Crippen LogP contribution in [0.4, 0.5) is 0 Å². The molecule has 0 saturated carbocycles. The molecule has 146 valence electrons. The van der Waals surface area contributed by atoms with Crippen molar-refractivity contribution in [3.63, 3.8) is 0 Å². The Labute approximate surface area is 162 Å². The first-order chi connectivity index (χ1) is 13.5. The van der Waals surface area contributed by atoms with Gasteiger partial charge in [-0.15, -0.1) is 0 Å². The van der Waals surface area contributed by atoms with Gasteiger partial charge in [-0.25, -0.2) is 4.79 Å². The zero-order valence-electron chi connectivity index (χ0n) is 15.6. The molecule has 1 atom stereocenters. The van der Waals surface area contributed by atoms with Crippen LogP contribution in [0, 0.1) is 0 Å². The van der Waals surface area contributed by atoms with Crippen molar-refractivity contribution in [1.29, 1.82) is 0 Å². The molecule has 0 aliphatic heterocycles. The predicted molar refractivity (Wildman–Crippen MR) is 103 cm³/mol. The summed E-state index contributed by atoms with van der Waals surface area (Å²) < 4.78 is 14.9. The average molecular weight is 383 g/mol. The number of carbonyl (C=O) groups is 3. The Balaban J connectivity index is 2.01. The maximum Gasteiger partial charge on any atom is 0.328 e. The molecule has 1 unspecified atom stereocenters. The minimum absolute atomic E-state index is 0.316. The van der Waals surface area contributed by atoms with E-state index in [4.69, 9.17) is 4.74 Å². The topological polar surface area (TPSA) is 90.9 Å². The third-order valence-corrected chi connectivity index (χ3v) is 3.66. The fourth-order valence-corrected chi connectivity index (χ4v) is 2.28. The summed E-state index contributed by atoms with van der Waals surface area (Å²) >= 11 is 0. The summed E-state index contributed by atoms with van der Waals surface area (Å²) in [4.78, 5) is 35.2. The molecule has 7 heteroatoms. The smallest absolute Gasteiger partial charge is 0.328 e. The van der Waals surface area contributed by atoms with Gasteiger partial charge in [0.25, 0.3) is 0 Å². The zero-order valence-corrected chi connectivity index (χ0v) is 15.6. The van der Waals surface area contributed by atoms with Crippen LogP contribution in [0.1, 0.15) is 12.0 Å². The third-order valence-electron chi connectivity index (χ3n) is 3.66. The summed E-state index contributed by atoms with van der Waals surface area (Å²) in [6.45, 7) is 0. The van der Waals surface area contributed by atoms with E-state index >= 15 is 0 Å². The Morgan fingerprint density at radius 3 is 2.36 bits per heavy atom. The number of para-hydroxylation sites is 1. The van der Waals surface area contributed by atoms with Crippen molar-refractivity contribution in [3.05, 3.63) is 66.2 Å². The number of benzene rings is 2. The first kappa shape index (κ1) is 20.7. The van der Waals surface area contributed by atoms with Crippen molar-refractivity contribution in [3.8, 4) is 11.5 Å². The van der Waals surface area contributed by atoms with Crippen LogP contribution >= 0.6 is 0 Å². The van der Waals surface area contributed by atoms with E-state index in [1.165, 1.54) is 20.3 Å². The molecule has 2 aromatic carbocycles. The molecule has 0 fully saturated rings. The van der Waals surface area contributed by atoms with E-state index in [1.807, 2.05) is 30.3 Å². The molecule has 1 amide bonds. The normalized spacial score (nSPS) is 11.5. The highest BCUT2D eigenvalue weighted by atomic mass is 16.5. The summed E-state index contributed by atoms with van der Waals surface area (Å²) in [7, 11) is 2.37. The maximum absolute atomic E-state index is 12.1. The molecule has 2 rings (SSSR count). The summed E-state index contributed by atoms with van der Waals surface area (Å²) in [6.07, 6.45) is 2.51. The molecule has 0 aliphatic carbocycles. The number of amides is 1. The van der Waals surface area contributed by atoms with Crippen molar-refractivity contribution in [2.24, 2.45) is 0 Å². The summed E-state index contributed by atoms with van der Waals surface area (Å²) in [5, 5.41) is 2.43. The van der Waals surface area contributed by atoms with Gasteiger partial charge in [-0.3, -0.25) is 9.59 Å². The Bertz CT molecular complexity index is 847. The lowest BCUT2D eigenvalue weighted by molar-refractivity contribution is -0.150. The molecule has 0 saturated heterocycles. The zero-order chi connectivity index (χ0) is 20.4. The molecule has 0 aliphatic rings. The second kappa shape index (κ2) is 10.5. The van der Waals surface area contributed by atoms with Gasteiger partial charge in [-0.1, -0.05) is 30.3 Å². The van der Waals surface area contributed by atoms with E-state index in [2.05, 4.69) is 14.8 Å². The molecule has 0 radical (unpaired) electrons. The van der Waals surface area contributed by atoms with Gasteiger partial charge in [0.05, 0.1) is 20.6 Å². The number of hydrogen-bond acceptors (Lipinski definition) is 6. The molecule has 28 heavy (non-hydrogen) atoms. The number of esters is 2. The predicted octanol–water partition coefficient (Wildman–Crippen LogP) is 2.71. The van der Waals surface area contributed by atoms with E-state index in [1.54, 1.807) is 30.3 Å². The van der Waals surface area contributed by atoms with E-state index < -0.39 is 23.9 Å². The minimum atomic E-state index is -1.12. The standard InChI is InChI=1S/C21H21NO6/c1-26-20(24)14-18(21(25)27-2)22-19(23)12-11-15-7-6-10-17(13-15)28-16-8-4-3-5-9-16/h3-13,18H,14H2,1-2H3,(H,22,23). The quantitative estimate of drug-likeness (QED) is 0.557. The van der Waals surface area contributed by atoms with Gasteiger partial charge in [0.15, 0.2) is 0 Å². The van der Waals surface area contributed by atoms with Crippen LogP contribution in [0.25, 0.3) is 6.08 Å². The van der Waals surface area contributed by atoms with E-state index in [0.29, 0.717) is 11.5 Å². The lowest BCUT2D eigenvalue weighted by Crippen LogP contribution is -2.42. The van der Waals surface area contributed by atoms with Crippen LogP contribution < -0.4 is 10.1 Å². The Morgan fingerprint density at radius 2 is 1.68 bits per heavy atom. The third kappa shape index (κ3) is 6.60. The molecular formula is C21H21NO6. The summed E-state index contributed by atoms with van der Waals surface area (Å²) in [6, 6.07) is 15.4. The lowest BCUT2D eigenvalue weighted by atomic mass is 10.2. The SMILES string of the molecule is COC(=O)CC(NC(=O)C=Cc1cccc(Oc2ccccc2)c1)C(=O)OC. The molecule has 0 aromatic heterocycles. The van der Waals surface area contributed by atoms with Gasteiger partial charge in [0.1, 0.15) is 17.5 Å². The van der Waals surface area contributed by atoms with Gasteiger partial charge in [0.2, 0.25) is 5.91 Å². The Morgan fingerprint density at radius 1 is 0.964 bits per heavy atom. The molecular weight excluding hydrogens is 362 g/mol. The monoisotopic (exact) mass is 383 g/mol. The van der Waals surface area contributed by atoms with E-state index in [9.17, 15) is 14.4 Å². The fraction of sp³-hybridized carbons (Fsp3) is 0.190. The number of hydrogen-bond donors (Lipinski definition) is 1. The molecule has 2 aromatic rings. The summed E-state index contributed by atoms with van der Waals surface area (Å²) in [5.74, 6) is -0.596. The van der Waals surface area contributed by atoms with Crippen LogP contribution in [0.5, 0.6) is 11.5 Å². The first-order valence-corrected chi connectivity index (χ1v) is 8.48. The Hall–Kier alpha value is -3.61. The van der Waals surface area contributed by atoms with Crippen molar-refractivity contribution in [2.45, 2.75) is 12.5 Å². The van der Waals surface area contributed by atoms with Crippen molar-refractivity contribution < 1.29 is 28.6 Å². The number of rotatable bonds is 8. The largest absolute Gasteiger partial charge is 0.469 e. The van der Waals surface area contributed by atoms with Crippen LogP contribution in [-0.4, -0.2) is 38.1 Å². The van der Waals surface area contributed by atoms with Crippen molar-refractivity contribution >= 4 is 23.9 Å². The first-order valence-electron chi connectivity index (χ1n) is 8.48. The van der Waals surface area contributed by atoms with Gasteiger partial charge in [0, 0.05) is 6.08 Å². The fourth-order valence-electron chi connectivity index (χ4n) is 2.28. The summed E-state index contributed by atoms with van der Waals surface area (Å²) in [5.41, 5.74) is 0.728. The van der Waals surface area contributed by atoms with Gasteiger partial charge >= 0.3 is 11.9 Å². The molecule has 7 nitrogen and oxygen atoms in total. The number of ether oxygens (including phenoxy) is 3. The van der Waals surface area contributed by atoms with E-state index in [-0.39, 0.29) is 6.42 Å². The molecule has 0 bridgehead atoms. The van der Waals surface area contributed by atoms with Gasteiger partial charge in [-0.05, 0) is 35.9 Å². The number of carbonyl (C=O) groups excluding carboxylic acids is 3. The van der Waals surface area contributed by atoms with Crippen LogP contribution in [0.2, 0.25) is 0 Å². The van der Waals surface area contributed by atoms with Crippen LogP contribution in [-0.2, 0) is 23.9 Å². The van der Waals surface area contributed by atoms with Crippen LogP contribution in [0.15, 0.2) is 60.7 Å². The van der Waals surface area contributed by atoms with Gasteiger partial charge in [-0.2, -0.15) is 0 Å². The average Bonchev–Trinajstić information content (AvgIpc) is 2.72. The lowest BCUT2D eigenvalue weighted by Gasteiger charge is -2.14.